The molecule has 0 bridgehead atoms. The third kappa shape index (κ3) is 1.82. The van der Waals surface area contributed by atoms with E-state index in [4.69, 9.17) is 12.2 Å². The molecule has 2 rings (SSSR count). The lowest BCUT2D eigenvalue weighted by molar-refractivity contribution is 1.32. The highest BCUT2D eigenvalue weighted by atomic mass is 14.7. The number of nitrogens with zero attached hydrogens (tertiary/aromatic N) is 1. The molecule has 0 aliphatic carbocycles. The molecule has 2 nitrogen and oxygen atoms in total. The van der Waals surface area contributed by atoms with Crippen molar-refractivity contribution >= 4 is 5.69 Å². The number of para-hydroxylation sites is 1. The topological polar surface area (TPSA) is 38.9 Å². The zero-order valence-electron chi connectivity index (χ0n) is 8.14. The minimum atomic E-state index is 0.708. The van der Waals surface area contributed by atoms with E-state index in [1.165, 1.54) is 0 Å². The summed E-state index contributed by atoms with van der Waals surface area (Å²) in [6.07, 6.45) is 7.02. The molecule has 72 valence electrons. The molecule has 1 aromatic heterocycles. The van der Waals surface area contributed by atoms with Crippen molar-refractivity contribution in [1.82, 2.24) is 4.98 Å². The van der Waals surface area contributed by atoms with Gasteiger partial charge < -0.3 is 5.73 Å². The number of nitrogens with two attached hydrogens (primary N) is 1. The monoisotopic (exact) mass is 194 g/mol. The molecule has 1 heterocycles. The first-order valence-electron chi connectivity index (χ1n) is 4.59. The average molecular weight is 194 g/mol. The van der Waals surface area contributed by atoms with Crippen molar-refractivity contribution in [2.45, 2.75) is 0 Å². The molecule has 2 N–H and O–H groups in total. The quantitative estimate of drug-likeness (QED) is 0.559. The standard InChI is InChI=1S/C13H10N2/c1-2-10-7-8-15-13(9-10)11-5-3-4-6-12(11)14/h1,3-9H,14H2. The van der Waals surface area contributed by atoms with E-state index >= 15 is 0 Å². The highest BCUT2D eigenvalue weighted by Gasteiger charge is 2.02. The number of nitrogen functional groups attached to an aromatic ring is 1. The van der Waals surface area contributed by atoms with E-state index in [2.05, 4.69) is 10.9 Å². The summed E-state index contributed by atoms with van der Waals surface area (Å²) in [6, 6.07) is 11.2. The number of rotatable bonds is 1. The molecule has 0 radical (unpaired) electrons. The fraction of sp³-hybridized carbons (Fsp3) is 0. The van der Waals surface area contributed by atoms with Crippen molar-refractivity contribution in [1.29, 1.82) is 0 Å². The molecule has 0 saturated heterocycles. The Kier molecular flexibility index (Phi) is 2.38. The van der Waals surface area contributed by atoms with Gasteiger partial charge in [-0.2, -0.15) is 0 Å². The van der Waals surface area contributed by atoms with Gasteiger partial charge in [0.15, 0.2) is 0 Å². The number of benzene rings is 1. The summed E-state index contributed by atoms with van der Waals surface area (Å²) in [5.74, 6) is 2.58. The fourth-order valence-electron chi connectivity index (χ4n) is 1.40. The summed E-state index contributed by atoms with van der Waals surface area (Å²) in [6.45, 7) is 0. The molecule has 1 aromatic carbocycles. The molecular formula is C13H10N2. The van der Waals surface area contributed by atoms with Crippen LogP contribution in [0.5, 0.6) is 0 Å². The van der Waals surface area contributed by atoms with Crippen LogP contribution in [0.25, 0.3) is 11.3 Å². The van der Waals surface area contributed by atoms with Crippen molar-refractivity contribution in [2.75, 3.05) is 5.73 Å². The number of hydrogen-bond acceptors (Lipinski definition) is 2. The molecule has 0 amide bonds. The maximum Gasteiger partial charge on any atom is 0.0735 e. The van der Waals surface area contributed by atoms with Gasteiger partial charge in [-0.05, 0) is 18.2 Å². The highest BCUT2D eigenvalue weighted by molar-refractivity contribution is 5.74. The Hall–Kier alpha value is -2.27. The Morgan fingerprint density at radius 2 is 2.00 bits per heavy atom. The number of aromatic nitrogens is 1. The normalized spacial score (nSPS) is 9.53. The van der Waals surface area contributed by atoms with Crippen LogP contribution in [0.4, 0.5) is 5.69 Å². The van der Waals surface area contributed by atoms with E-state index in [1.807, 2.05) is 30.3 Å². The summed E-state index contributed by atoms with van der Waals surface area (Å²) in [7, 11) is 0. The summed E-state index contributed by atoms with van der Waals surface area (Å²) in [4.78, 5) is 4.24. The van der Waals surface area contributed by atoms with E-state index in [1.54, 1.807) is 12.3 Å². The predicted molar refractivity (Wildman–Crippen MR) is 62.0 cm³/mol. The third-order valence-electron chi connectivity index (χ3n) is 2.16. The van der Waals surface area contributed by atoms with Gasteiger partial charge in [-0.1, -0.05) is 24.1 Å². The third-order valence-corrected chi connectivity index (χ3v) is 2.16. The van der Waals surface area contributed by atoms with E-state index < -0.39 is 0 Å². The van der Waals surface area contributed by atoms with Gasteiger partial charge in [0, 0.05) is 23.0 Å². The van der Waals surface area contributed by atoms with Gasteiger partial charge in [-0.15, -0.1) is 6.42 Å². The molecule has 0 fully saturated rings. The summed E-state index contributed by atoms with van der Waals surface area (Å²) in [5, 5.41) is 0. The zero-order chi connectivity index (χ0) is 10.7. The molecule has 0 saturated carbocycles. The van der Waals surface area contributed by atoms with Crippen molar-refractivity contribution in [3.8, 4) is 23.6 Å². The summed E-state index contributed by atoms with van der Waals surface area (Å²) >= 11 is 0. The molecule has 15 heavy (non-hydrogen) atoms. The van der Waals surface area contributed by atoms with Crippen LogP contribution in [-0.2, 0) is 0 Å². The van der Waals surface area contributed by atoms with Crippen LogP contribution in [0, 0.1) is 12.3 Å². The minimum absolute atomic E-state index is 0.708. The number of terminal acetylenes is 1. The van der Waals surface area contributed by atoms with Crippen molar-refractivity contribution in [3.05, 3.63) is 48.2 Å². The first-order chi connectivity index (χ1) is 7.31. The van der Waals surface area contributed by atoms with Gasteiger partial charge in [-0.25, -0.2) is 0 Å². The van der Waals surface area contributed by atoms with Crippen molar-refractivity contribution in [3.63, 3.8) is 0 Å². The maximum absolute atomic E-state index is 5.85. The van der Waals surface area contributed by atoms with Gasteiger partial charge in [-0.3, -0.25) is 4.98 Å². The second-order valence-corrected chi connectivity index (χ2v) is 3.16. The van der Waals surface area contributed by atoms with E-state index in [0.29, 0.717) is 5.69 Å². The van der Waals surface area contributed by atoms with Crippen LogP contribution in [0.3, 0.4) is 0 Å². The highest BCUT2D eigenvalue weighted by Crippen LogP contribution is 2.23. The average Bonchev–Trinajstić information content (AvgIpc) is 2.30. The van der Waals surface area contributed by atoms with E-state index in [9.17, 15) is 0 Å². The Balaban J connectivity index is 2.55. The van der Waals surface area contributed by atoms with Gasteiger partial charge in [0.05, 0.1) is 5.69 Å². The van der Waals surface area contributed by atoms with Crippen molar-refractivity contribution in [2.24, 2.45) is 0 Å². The maximum atomic E-state index is 5.85. The van der Waals surface area contributed by atoms with E-state index in [-0.39, 0.29) is 0 Å². The molecule has 0 aliphatic rings. The van der Waals surface area contributed by atoms with Crippen LogP contribution in [-0.4, -0.2) is 4.98 Å². The lowest BCUT2D eigenvalue weighted by Gasteiger charge is -2.04. The Labute approximate surface area is 88.8 Å². The number of anilines is 1. The molecule has 0 aliphatic heterocycles. The minimum Gasteiger partial charge on any atom is -0.398 e. The Morgan fingerprint density at radius 3 is 2.73 bits per heavy atom. The largest absolute Gasteiger partial charge is 0.398 e. The molecule has 0 spiro atoms. The number of pyridine rings is 1. The zero-order valence-corrected chi connectivity index (χ0v) is 8.14. The van der Waals surface area contributed by atoms with Crippen LogP contribution in [0.2, 0.25) is 0 Å². The molecule has 0 atom stereocenters. The van der Waals surface area contributed by atoms with Crippen LogP contribution < -0.4 is 5.73 Å². The first kappa shape index (κ1) is 9.29. The van der Waals surface area contributed by atoms with Gasteiger partial charge in [0.2, 0.25) is 0 Å². The van der Waals surface area contributed by atoms with E-state index in [0.717, 1.165) is 16.8 Å². The van der Waals surface area contributed by atoms with Crippen LogP contribution >= 0.6 is 0 Å². The lowest BCUT2D eigenvalue weighted by atomic mass is 10.1. The molecule has 2 heteroatoms. The molecule has 2 aromatic rings. The Bertz CT molecular complexity index is 524. The fourth-order valence-corrected chi connectivity index (χ4v) is 1.40. The van der Waals surface area contributed by atoms with Crippen LogP contribution in [0.15, 0.2) is 42.6 Å². The van der Waals surface area contributed by atoms with Crippen molar-refractivity contribution < 1.29 is 0 Å². The lowest BCUT2D eigenvalue weighted by Crippen LogP contribution is -1.91. The van der Waals surface area contributed by atoms with Gasteiger partial charge in [0.25, 0.3) is 0 Å². The molecule has 0 unspecified atom stereocenters. The first-order valence-corrected chi connectivity index (χ1v) is 4.59. The number of hydrogen-bond donors (Lipinski definition) is 1. The second-order valence-electron chi connectivity index (χ2n) is 3.16. The smallest absolute Gasteiger partial charge is 0.0735 e. The SMILES string of the molecule is C#Cc1ccnc(-c2ccccc2N)c1. The molecular weight excluding hydrogens is 184 g/mol. The van der Waals surface area contributed by atoms with Gasteiger partial charge >= 0.3 is 0 Å². The van der Waals surface area contributed by atoms with Crippen LogP contribution in [0.1, 0.15) is 5.56 Å². The second kappa shape index (κ2) is 3.85. The summed E-state index contributed by atoms with van der Waals surface area (Å²) in [5.41, 5.74) is 9.09. The predicted octanol–water partition coefficient (Wildman–Crippen LogP) is 2.31. The van der Waals surface area contributed by atoms with Gasteiger partial charge in [0.1, 0.15) is 0 Å². The Morgan fingerprint density at radius 1 is 1.20 bits per heavy atom. The summed E-state index contributed by atoms with van der Waals surface area (Å²) < 4.78 is 0.